The molecule has 68 valence electrons. The molecule has 0 amide bonds. The summed E-state index contributed by atoms with van der Waals surface area (Å²) in [5, 5.41) is 8.34. The molecule has 0 aliphatic carbocycles. The van der Waals surface area contributed by atoms with Crippen LogP contribution in [0, 0.1) is 11.3 Å². The third-order valence-electron chi connectivity index (χ3n) is 1.94. The summed E-state index contributed by atoms with van der Waals surface area (Å²) in [6.07, 6.45) is 0.639. The number of quaternary nitrogens is 1. The van der Waals surface area contributed by atoms with Crippen molar-refractivity contribution in [3.8, 4) is 6.07 Å². The second-order valence-electron chi connectivity index (χ2n) is 3.15. The van der Waals surface area contributed by atoms with E-state index in [0.29, 0.717) is 6.42 Å². The summed E-state index contributed by atoms with van der Waals surface area (Å²) in [6.45, 7) is 3.61. The molecule has 0 aromatic heterocycles. The minimum absolute atomic E-state index is 0.250. The van der Waals surface area contributed by atoms with Crippen LogP contribution in [-0.2, 0) is 9.44 Å². The fourth-order valence-corrected chi connectivity index (χ4v) is 1.13. The molecule has 13 heavy (non-hydrogen) atoms. The van der Waals surface area contributed by atoms with Gasteiger partial charge in [0.2, 0.25) is 0 Å². The van der Waals surface area contributed by atoms with Crippen molar-refractivity contribution in [2.45, 2.75) is 6.42 Å². The monoisotopic (exact) mass is 179 g/mol. The summed E-state index contributed by atoms with van der Waals surface area (Å²) in [5.74, 6) is 0. The Morgan fingerprint density at radius 3 is 2.77 bits per heavy atom. The minimum atomic E-state index is 0.250. The van der Waals surface area contributed by atoms with E-state index in [2.05, 4.69) is 20.9 Å². The van der Waals surface area contributed by atoms with E-state index < -0.39 is 0 Å². The van der Waals surface area contributed by atoms with Crippen LogP contribution in [0.1, 0.15) is 6.42 Å². The molecule has 1 unspecified atom stereocenters. The third kappa shape index (κ3) is 5.56. The van der Waals surface area contributed by atoms with Gasteiger partial charge in [-0.15, -0.1) is 0 Å². The van der Waals surface area contributed by atoms with Crippen LogP contribution < -0.4 is 0 Å². The maximum atomic E-state index is 8.58. The van der Waals surface area contributed by atoms with Gasteiger partial charge in [0.1, 0.15) is 13.2 Å². The number of ether oxygens (including phenoxy) is 1. The molecule has 1 saturated heterocycles. The zero-order valence-corrected chi connectivity index (χ0v) is 7.90. The molecule has 1 fully saturated rings. The maximum absolute atomic E-state index is 8.58. The normalized spacial score (nSPS) is 25.2. The van der Waals surface area contributed by atoms with Gasteiger partial charge in [-0.05, 0) is 0 Å². The molecule has 6 heteroatoms. The summed E-state index contributed by atoms with van der Waals surface area (Å²) in [4.78, 5) is 0. The fraction of sp³-hybridized carbons (Fsp3) is 0.857. The Labute approximate surface area is 80.7 Å². The molecule has 0 bridgehead atoms. The van der Waals surface area contributed by atoms with E-state index >= 15 is 0 Å². The Morgan fingerprint density at radius 2 is 2.38 bits per heavy atom. The Hall–Kier alpha value is -0.660. The van der Waals surface area contributed by atoms with E-state index in [1.165, 1.54) is 0 Å². The third-order valence-corrected chi connectivity index (χ3v) is 1.94. The van der Waals surface area contributed by atoms with Crippen molar-refractivity contribution in [3.05, 3.63) is 0 Å². The molecule has 1 rings (SSSR count). The van der Waals surface area contributed by atoms with E-state index in [1.807, 2.05) is 0 Å². The Balaban J connectivity index is 0.000000424. The van der Waals surface area contributed by atoms with Gasteiger partial charge in [-0.1, -0.05) is 0 Å². The van der Waals surface area contributed by atoms with Gasteiger partial charge in [0, 0.05) is 0 Å². The average molecular weight is 179 g/mol. The number of nitrogens with zero attached hydrogens (tertiary/aromatic N) is 2. The van der Waals surface area contributed by atoms with Crippen molar-refractivity contribution < 1.29 is 13.9 Å². The standard InChI is InChI=1S/C7H13N2O.B2O/c1-9(4-2-3-8)5-6-10-7-9;1-2-3/h2,4-7H2,1H3;/q+1;. The van der Waals surface area contributed by atoms with Gasteiger partial charge < -0.3 is 9.22 Å². The first-order valence-corrected chi connectivity index (χ1v) is 4.12. The first-order chi connectivity index (χ1) is 6.18. The molecule has 0 saturated carbocycles. The van der Waals surface area contributed by atoms with Crippen molar-refractivity contribution in [1.82, 2.24) is 0 Å². The van der Waals surface area contributed by atoms with Crippen LogP contribution in [0.15, 0.2) is 0 Å². The van der Waals surface area contributed by atoms with Gasteiger partial charge in [0.25, 0.3) is 0 Å². The van der Waals surface area contributed by atoms with Crippen molar-refractivity contribution in [2.24, 2.45) is 0 Å². The molecule has 4 nitrogen and oxygen atoms in total. The summed E-state index contributed by atoms with van der Waals surface area (Å²) >= 11 is 0. The summed E-state index contributed by atoms with van der Waals surface area (Å²) in [7, 11) is 6.55. The molecule has 1 aliphatic rings. The van der Waals surface area contributed by atoms with Gasteiger partial charge in [-0.25, -0.2) is 0 Å². The van der Waals surface area contributed by atoms with E-state index in [0.717, 1.165) is 30.9 Å². The van der Waals surface area contributed by atoms with Gasteiger partial charge >= 0.3 is 19.5 Å². The molecule has 0 aromatic carbocycles. The Kier molecular flexibility index (Phi) is 6.47. The fourth-order valence-electron chi connectivity index (χ4n) is 1.13. The zero-order valence-electron chi connectivity index (χ0n) is 7.90. The number of nitriles is 1. The van der Waals surface area contributed by atoms with Crippen LogP contribution >= 0.6 is 0 Å². The predicted octanol–water partition coefficient (Wildman–Crippen LogP) is -0.546. The second kappa shape index (κ2) is 6.81. The molecule has 0 aromatic rings. The molecule has 0 N–H and O–H groups in total. The molecular weight excluding hydrogens is 166 g/mol. The van der Waals surface area contributed by atoms with Gasteiger partial charge in [-0.2, -0.15) is 5.26 Å². The van der Waals surface area contributed by atoms with Crippen molar-refractivity contribution in [2.75, 3.05) is 33.5 Å². The summed E-state index contributed by atoms with van der Waals surface area (Å²) < 4.78 is 14.7. The SMILES string of the molecule is C[N+]1(CCC#N)CCOC1.[B]B=O. The average Bonchev–Trinajstić information content (AvgIpc) is 2.51. The van der Waals surface area contributed by atoms with Crippen LogP contribution in [0.5, 0.6) is 0 Å². The molecular formula is C7H13B2N2O2+. The van der Waals surface area contributed by atoms with Crippen LogP contribution in [0.3, 0.4) is 0 Å². The molecule has 0 spiro atoms. The second-order valence-corrected chi connectivity index (χ2v) is 3.15. The van der Waals surface area contributed by atoms with Crippen LogP contribution in [0.4, 0.5) is 0 Å². The van der Waals surface area contributed by atoms with Gasteiger partial charge in [-0.3, -0.25) is 0 Å². The van der Waals surface area contributed by atoms with E-state index in [1.54, 1.807) is 0 Å². The van der Waals surface area contributed by atoms with E-state index in [-0.39, 0.29) is 7.04 Å². The van der Waals surface area contributed by atoms with Crippen molar-refractivity contribution in [1.29, 1.82) is 5.26 Å². The van der Waals surface area contributed by atoms with E-state index in [4.69, 9.17) is 14.7 Å². The van der Waals surface area contributed by atoms with Gasteiger partial charge in [0.15, 0.2) is 6.73 Å². The predicted molar refractivity (Wildman–Crippen MR) is 49.2 cm³/mol. The number of rotatable bonds is 2. The van der Waals surface area contributed by atoms with Crippen LogP contribution in [-0.4, -0.2) is 52.7 Å². The van der Waals surface area contributed by atoms with Gasteiger partial charge in [0.05, 0.1) is 26.1 Å². The molecule has 1 atom stereocenters. The van der Waals surface area contributed by atoms with Crippen LogP contribution in [0.2, 0.25) is 0 Å². The quantitative estimate of drug-likeness (QED) is 0.422. The summed E-state index contributed by atoms with van der Waals surface area (Å²) in [5.41, 5.74) is 0. The Morgan fingerprint density at radius 1 is 1.77 bits per heavy atom. The van der Waals surface area contributed by atoms with Crippen molar-refractivity contribution in [3.63, 3.8) is 0 Å². The topological polar surface area (TPSA) is 50.1 Å². The zero-order chi connectivity index (χ0) is 10.2. The number of hydrogen-bond acceptors (Lipinski definition) is 3. The first-order valence-electron chi connectivity index (χ1n) is 4.12. The molecule has 1 heterocycles. The molecule has 1 aliphatic heterocycles. The van der Waals surface area contributed by atoms with Crippen LogP contribution in [0.25, 0.3) is 0 Å². The first kappa shape index (κ1) is 12.3. The molecule has 2 radical (unpaired) electrons. The van der Waals surface area contributed by atoms with E-state index in [9.17, 15) is 0 Å². The summed E-state index contributed by atoms with van der Waals surface area (Å²) in [6, 6.07) is 2.15. The number of hydrogen-bond donors (Lipinski definition) is 0. The Bertz CT molecular complexity index is 187. The number of likely N-dealkylation sites (N-methyl/N-ethyl adjacent to an activating group) is 1. The van der Waals surface area contributed by atoms with Crippen molar-refractivity contribution >= 4 is 14.8 Å².